The van der Waals surface area contributed by atoms with Gasteiger partial charge in [-0.3, -0.25) is 4.79 Å². The van der Waals surface area contributed by atoms with E-state index in [2.05, 4.69) is 11.4 Å². The van der Waals surface area contributed by atoms with Crippen molar-refractivity contribution in [2.24, 2.45) is 0 Å². The van der Waals surface area contributed by atoms with E-state index in [0.717, 1.165) is 42.1 Å². The van der Waals surface area contributed by atoms with Crippen LogP contribution >= 0.6 is 23.4 Å². The van der Waals surface area contributed by atoms with Gasteiger partial charge in [0.2, 0.25) is 0 Å². The van der Waals surface area contributed by atoms with Crippen LogP contribution < -0.4 is 5.32 Å². The third-order valence-corrected chi connectivity index (χ3v) is 5.71. The Morgan fingerprint density at radius 3 is 2.95 bits per heavy atom. The van der Waals surface area contributed by atoms with Gasteiger partial charge in [-0.2, -0.15) is 11.8 Å². The second-order valence-corrected chi connectivity index (χ2v) is 7.07. The van der Waals surface area contributed by atoms with Gasteiger partial charge in [0, 0.05) is 16.0 Å². The summed E-state index contributed by atoms with van der Waals surface area (Å²) < 4.78 is 4.99. The molecule has 2 atom stereocenters. The van der Waals surface area contributed by atoms with Crippen LogP contribution in [-0.4, -0.2) is 30.4 Å². The molecule has 1 aliphatic rings. The first kappa shape index (κ1) is 16.7. The molecule has 0 radical (unpaired) electrons. The molecule has 2 unspecified atom stereocenters. The molecular weight excluding hydrogens is 306 g/mol. The molecule has 116 valence electrons. The molecule has 0 heterocycles. The Kier molecular flexibility index (Phi) is 5.97. The number of hydrogen-bond donors (Lipinski definition) is 1. The number of ether oxygens (including phenoxy) is 1. The lowest BCUT2D eigenvalue weighted by Gasteiger charge is -2.27. The second kappa shape index (κ2) is 7.52. The normalized spacial score (nSPS) is 25.0. The standard InChI is InChI=1S/C16H22ClNO2S/c1-3-18-16(15(19)20-2)9-8-13(10-16)21-11-12-6-4-5-7-14(12)17/h4-7,13,18H,3,8-11H2,1-2H3. The van der Waals surface area contributed by atoms with E-state index >= 15 is 0 Å². The zero-order valence-corrected chi connectivity index (χ0v) is 14.1. The van der Waals surface area contributed by atoms with E-state index in [-0.39, 0.29) is 5.97 Å². The van der Waals surface area contributed by atoms with Crippen molar-refractivity contribution in [3.63, 3.8) is 0 Å². The molecule has 0 aromatic heterocycles. The molecule has 0 amide bonds. The molecule has 1 N–H and O–H groups in total. The van der Waals surface area contributed by atoms with Crippen LogP contribution in [0, 0.1) is 0 Å². The molecule has 5 heteroatoms. The molecule has 3 nitrogen and oxygen atoms in total. The fourth-order valence-corrected chi connectivity index (χ4v) is 4.55. The molecule has 2 rings (SSSR count). The summed E-state index contributed by atoms with van der Waals surface area (Å²) in [6.45, 7) is 2.80. The van der Waals surface area contributed by atoms with Crippen molar-refractivity contribution in [2.45, 2.75) is 42.7 Å². The molecule has 0 spiro atoms. The number of nitrogens with one attached hydrogen (secondary N) is 1. The van der Waals surface area contributed by atoms with Gasteiger partial charge in [-0.1, -0.05) is 36.7 Å². The lowest BCUT2D eigenvalue weighted by molar-refractivity contribution is -0.148. The highest BCUT2D eigenvalue weighted by atomic mass is 35.5. The Hall–Kier alpha value is -0.710. The molecule has 1 aromatic rings. The van der Waals surface area contributed by atoms with Gasteiger partial charge in [0.05, 0.1) is 7.11 Å². The molecular formula is C16H22ClNO2S. The molecule has 1 saturated carbocycles. The maximum atomic E-state index is 12.1. The first-order valence-corrected chi connectivity index (χ1v) is 8.72. The first-order chi connectivity index (χ1) is 10.1. The highest BCUT2D eigenvalue weighted by Gasteiger charge is 2.45. The smallest absolute Gasteiger partial charge is 0.326 e. The van der Waals surface area contributed by atoms with Crippen LogP contribution in [0.5, 0.6) is 0 Å². The van der Waals surface area contributed by atoms with Gasteiger partial charge >= 0.3 is 5.97 Å². The summed E-state index contributed by atoms with van der Waals surface area (Å²) in [6.07, 6.45) is 2.69. The molecule has 0 aliphatic heterocycles. The summed E-state index contributed by atoms with van der Waals surface area (Å²) in [6, 6.07) is 7.93. The fraction of sp³-hybridized carbons (Fsp3) is 0.562. The zero-order valence-electron chi connectivity index (χ0n) is 12.5. The van der Waals surface area contributed by atoms with E-state index in [0.29, 0.717) is 5.25 Å². The first-order valence-electron chi connectivity index (χ1n) is 7.30. The topological polar surface area (TPSA) is 38.3 Å². The molecule has 1 fully saturated rings. The highest BCUT2D eigenvalue weighted by molar-refractivity contribution is 7.99. The van der Waals surface area contributed by atoms with Crippen LogP contribution in [0.15, 0.2) is 24.3 Å². The molecule has 1 aromatic carbocycles. The van der Waals surface area contributed by atoms with Crippen LogP contribution in [0.1, 0.15) is 31.7 Å². The number of halogens is 1. The van der Waals surface area contributed by atoms with Gasteiger partial charge in [-0.15, -0.1) is 0 Å². The van der Waals surface area contributed by atoms with Crippen molar-refractivity contribution in [1.29, 1.82) is 0 Å². The largest absolute Gasteiger partial charge is 0.468 e. The zero-order chi connectivity index (χ0) is 15.3. The van der Waals surface area contributed by atoms with Crippen LogP contribution in [0.2, 0.25) is 5.02 Å². The number of likely N-dealkylation sites (N-methyl/N-ethyl adjacent to an activating group) is 1. The SMILES string of the molecule is CCNC1(C(=O)OC)CCC(SCc2ccccc2Cl)C1. The maximum Gasteiger partial charge on any atom is 0.326 e. The quantitative estimate of drug-likeness (QED) is 0.809. The van der Waals surface area contributed by atoms with Gasteiger partial charge in [0.15, 0.2) is 0 Å². The number of esters is 1. The van der Waals surface area contributed by atoms with Gasteiger partial charge in [0.1, 0.15) is 5.54 Å². The van der Waals surface area contributed by atoms with E-state index in [1.165, 1.54) is 7.11 Å². The Bertz CT molecular complexity index is 497. The number of benzene rings is 1. The van der Waals surface area contributed by atoms with E-state index in [4.69, 9.17) is 16.3 Å². The monoisotopic (exact) mass is 327 g/mol. The third-order valence-electron chi connectivity index (χ3n) is 3.99. The summed E-state index contributed by atoms with van der Waals surface area (Å²) >= 11 is 8.06. The van der Waals surface area contributed by atoms with Gasteiger partial charge in [-0.05, 0) is 37.4 Å². The Morgan fingerprint density at radius 1 is 1.52 bits per heavy atom. The number of methoxy groups -OCH3 is 1. The highest BCUT2D eigenvalue weighted by Crippen LogP contribution is 2.39. The minimum Gasteiger partial charge on any atom is -0.468 e. The lowest BCUT2D eigenvalue weighted by Crippen LogP contribution is -2.50. The Morgan fingerprint density at radius 2 is 2.29 bits per heavy atom. The Balaban J connectivity index is 1.95. The number of thioether (sulfide) groups is 1. The molecule has 0 saturated heterocycles. The van der Waals surface area contributed by atoms with Gasteiger partial charge in [0.25, 0.3) is 0 Å². The fourth-order valence-electron chi connectivity index (χ4n) is 2.92. The van der Waals surface area contributed by atoms with Crippen LogP contribution in [0.3, 0.4) is 0 Å². The second-order valence-electron chi connectivity index (χ2n) is 5.37. The average Bonchev–Trinajstić information content (AvgIpc) is 2.90. The van der Waals surface area contributed by atoms with Crippen LogP contribution in [0.4, 0.5) is 0 Å². The minimum atomic E-state index is -0.498. The number of carbonyl (C=O) groups excluding carboxylic acids is 1. The summed E-state index contributed by atoms with van der Waals surface area (Å²) in [5.41, 5.74) is 0.657. The number of hydrogen-bond acceptors (Lipinski definition) is 4. The van der Waals surface area contributed by atoms with Crippen molar-refractivity contribution < 1.29 is 9.53 Å². The van der Waals surface area contributed by atoms with Crippen molar-refractivity contribution in [3.05, 3.63) is 34.9 Å². The predicted octanol–water partition coefficient (Wildman–Crippen LogP) is 3.65. The molecule has 21 heavy (non-hydrogen) atoms. The summed E-state index contributed by atoms with van der Waals surface area (Å²) in [7, 11) is 1.46. The maximum absolute atomic E-state index is 12.1. The third kappa shape index (κ3) is 3.93. The summed E-state index contributed by atoms with van der Waals surface area (Å²) in [5, 5.41) is 4.61. The van der Waals surface area contributed by atoms with Crippen molar-refractivity contribution in [1.82, 2.24) is 5.32 Å². The van der Waals surface area contributed by atoms with Crippen molar-refractivity contribution >= 4 is 29.3 Å². The van der Waals surface area contributed by atoms with Crippen molar-refractivity contribution in [3.8, 4) is 0 Å². The van der Waals surface area contributed by atoms with Crippen molar-refractivity contribution in [2.75, 3.05) is 13.7 Å². The van der Waals surface area contributed by atoms with E-state index in [1.807, 2.05) is 36.9 Å². The van der Waals surface area contributed by atoms with E-state index in [9.17, 15) is 4.79 Å². The number of carbonyl (C=O) groups is 1. The van der Waals surface area contributed by atoms with Crippen LogP contribution in [0.25, 0.3) is 0 Å². The van der Waals surface area contributed by atoms with Gasteiger partial charge in [-0.25, -0.2) is 0 Å². The van der Waals surface area contributed by atoms with E-state index in [1.54, 1.807) is 0 Å². The van der Waals surface area contributed by atoms with Crippen LogP contribution in [-0.2, 0) is 15.3 Å². The predicted molar refractivity (Wildman–Crippen MR) is 88.8 cm³/mol. The van der Waals surface area contributed by atoms with E-state index < -0.39 is 5.54 Å². The molecule has 0 bridgehead atoms. The molecule has 1 aliphatic carbocycles. The Labute approximate surface area is 135 Å². The minimum absolute atomic E-state index is 0.134. The van der Waals surface area contributed by atoms with Gasteiger partial charge < -0.3 is 10.1 Å². The lowest BCUT2D eigenvalue weighted by atomic mass is 9.98. The summed E-state index contributed by atoms with van der Waals surface area (Å²) in [5.74, 6) is 0.749. The summed E-state index contributed by atoms with van der Waals surface area (Å²) in [4.78, 5) is 12.1. The number of rotatable bonds is 6. The average molecular weight is 328 g/mol.